The lowest BCUT2D eigenvalue weighted by Crippen LogP contribution is -2.34. The van der Waals surface area contributed by atoms with Gasteiger partial charge in [-0.15, -0.1) is 0 Å². The number of nitrogens with zero attached hydrogens (tertiary/aromatic N) is 1. The molecule has 124 valence electrons. The van der Waals surface area contributed by atoms with Gasteiger partial charge in [0.2, 0.25) is 5.91 Å². The molecule has 0 radical (unpaired) electrons. The molecule has 2 rings (SSSR count). The van der Waals surface area contributed by atoms with Gasteiger partial charge in [-0.2, -0.15) is 5.26 Å². The number of hydrogen-bond donors (Lipinski definition) is 2. The number of carbonyl (C=O) groups excluding carboxylic acids is 1. The van der Waals surface area contributed by atoms with Crippen molar-refractivity contribution >= 4 is 11.6 Å². The summed E-state index contributed by atoms with van der Waals surface area (Å²) in [5, 5.41) is 12.0. The highest BCUT2D eigenvalue weighted by atomic mass is 16.5. The van der Waals surface area contributed by atoms with Crippen LogP contribution < -0.4 is 20.5 Å². The summed E-state index contributed by atoms with van der Waals surface area (Å²) in [6.45, 7) is 1.89. The number of hydrogen-bond acceptors (Lipinski definition) is 5. The zero-order valence-electron chi connectivity index (χ0n) is 13.6. The highest BCUT2D eigenvalue weighted by molar-refractivity contribution is 5.82. The number of primary amides is 1. The minimum Gasteiger partial charge on any atom is -0.493 e. The van der Waals surface area contributed by atoms with Gasteiger partial charge in [0.05, 0.1) is 18.7 Å². The van der Waals surface area contributed by atoms with Gasteiger partial charge in [-0.25, -0.2) is 0 Å². The number of nitrogens with two attached hydrogens (primary N) is 1. The molecule has 6 nitrogen and oxygen atoms in total. The van der Waals surface area contributed by atoms with E-state index in [1.165, 1.54) is 7.11 Å². The van der Waals surface area contributed by atoms with Crippen molar-refractivity contribution in [2.24, 2.45) is 5.73 Å². The Labute approximate surface area is 140 Å². The van der Waals surface area contributed by atoms with Crippen LogP contribution in [0.4, 0.5) is 5.69 Å². The Kier molecular flexibility index (Phi) is 5.63. The Morgan fingerprint density at radius 3 is 2.50 bits per heavy atom. The number of nitriles is 1. The molecule has 0 aliphatic heterocycles. The van der Waals surface area contributed by atoms with E-state index in [0.717, 1.165) is 5.69 Å². The summed E-state index contributed by atoms with van der Waals surface area (Å²) >= 11 is 0. The second kappa shape index (κ2) is 7.88. The first-order valence-electron chi connectivity index (χ1n) is 7.49. The first-order chi connectivity index (χ1) is 11.6. The molecule has 3 N–H and O–H groups in total. The van der Waals surface area contributed by atoms with Crippen LogP contribution in [-0.2, 0) is 4.79 Å². The molecule has 2 aromatic rings. The van der Waals surface area contributed by atoms with E-state index in [-0.39, 0.29) is 5.91 Å². The Morgan fingerprint density at radius 2 is 1.96 bits per heavy atom. The molecule has 0 spiro atoms. The van der Waals surface area contributed by atoms with Crippen molar-refractivity contribution in [2.45, 2.75) is 19.4 Å². The van der Waals surface area contributed by atoms with Crippen LogP contribution in [0.15, 0.2) is 42.5 Å². The first-order valence-corrected chi connectivity index (χ1v) is 7.49. The van der Waals surface area contributed by atoms with Crippen molar-refractivity contribution < 1.29 is 14.3 Å². The summed E-state index contributed by atoms with van der Waals surface area (Å²) in [5.41, 5.74) is 6.59. The van der Waals surface area contributed by atoms with Gasteiger partial charge >= 0.3 is 0 Å². The largest absolute Gasteiger partial charge is 0.493 e. The lowest BCUT2D eigenvalue weighted by molar-refractivity contribution is -0.118. The molecule has 0 bridgehead atoms. The molecule has 1 atom stereocenters. The summed E-state index contributed by atoms with van der Waals surface area (Å²) < 4.78 is 11.0. The standard InChI is InChI=1S/C18H19N3O3/c1-3-15(18(20)22)21-13-5-7-14(8-6-13)24-16-9-4-12(11-19)10-17(16)23-2/h4-10,15,21H,3H2,1-2H3,(H2,20,22)/t15-/m1/s1. The fourth-order valence-corrected chi connectivity index (χ4v) is 2.14. The number of ether oxygens (including phenoxy) is 2. The van der Waals surface area contributed by atoms with Crippen molar-refractivity contribution in [2.75, 3.05) is 12.4 Å². The summed E-state index contributed by atoms with van der Waals surface area (Å²) in [7, 11) is 1.52. The molecule has 0 aromatic heterocycles. The lowest BCUT2D eigenvalue weighted by atomic mass is 10.2. The highest BCUT2D eigenvalue weighted by Gasteiger charge is 2.12. The van der Waals surface area contributed by atoms with Crippen LogP contribution in [0.3, 0.4) is 0 Å². The van der Waals surface area contributed by atoms with Crippen LogP contribution in [-0.4, -0.2) is 19.1 Å². The smallest absolute Gasteiger partial charge is 0.239 e. The predicted molar refractivity (Wildman–Crippen MR) is 91.1 cm³/mol. The molecule has 0 heterocycles. The fourth-order valence-electron chi connectivity index (χ4n) is 2.14. The summed E-state index contributed by atoms with van der Waals surface area (Å²) in [5.74, 6) is 1.22. The van der Waals surface area contributed by atoms with Crippen LogP contribution in [0.5, 0.6) is 17.2 Å². The molecule has 2 aromatic carbocycles. The maximum atomic E-state index is 11.3. The molecule has 1 amide bonds. The van der Waals surface area contributed by atoms with Crippen molar-refractivity contribution in [3.63, 3.8) is 0 Å². The monoisotopic (exact) mass is 325 g/mol. The van der Waals surface area contributed by atoms with Crippen LogP contribution in [0.1, 0.15) is 18.9 Å². The average molecular weight is 325 g/mol. The van der Waals surface area contributed by atoms with Crippen molar-refractivity contribution in [1.82, 2.24) is 0 Å². The topological polar surface area (TPSA) is 97.4 Å². The minimum absolute atomic E-state index is 0.389. The third-order valence-electron chi connectivity index (χ3n) is 3.47. The van der Waals surface area contributed by atoms with Crippen molar-refractivity contribution in [1.29, 1.82) is 5.26 Å². The molecule has 0 saturated heterocycles. The normalized spacial score (nSPS) is 11.2. The van der Waals surface area contributed by atoms with Crippen molar-refractivity contribution in [3.8, 4) is 23.3 Å². The van der Waals surface area contributed by atoms with Crippen LogP contribution in [0.2, 0.25) is 0 Å². The molecule has 0 aliphatic carbocycles. The number of methoxy groups -OCH3 is 1. The van der Waals surface area contributed by atoms with E-state index in [9.17, 15) is 4.79 Å². The number of carbonyl (C=O) groups is 1. The molecule has 0 saturated carbocycles. The SMILES string of the molecule is CC[C@@H](Nc1ccc(Oc2ccc(C#N)cc2OC)cc1)C(N)=O. The van der Waals surface area contributed by atoms with E-state index < -0.39 is 6.04 Å². The third-order valence-corrected chi connectivity index (χ3v) is 3.47. The maximum Gasteiger partial charge on any atom is 0.239 e. The maximum absolute atomic E-state index is 11.3. The summed E-state index contributed by atoms with van der Waals surface area (Å²) in [6.07, 6.45) is 0.607. The number of anilines is 1. The van der Waals surface area contributed by atoms with E-state index in [1.807, 2.05) is 6.92 Å². The second-order valence-corrected chi connectivity index (χ2v) is 5.11. The Morgan fingerprint density at radius 1 is 1.25 bits per heavy atom. The molecule has 0 fully saturated rings. The molecular weight excluding hydrogens is 306 g/mol. The van der Waals surface area contributed by atoms with Crippen LogP contribution in [0, 0.1) is 11.3 Å². The van der Waals surface area contributed by atoms with Crippen LogP contribution >= 0.6 is 0 Å². The average Bonchev–Trinajstić information content (AvgIpc) is 2.61. The highest BCUT2D eigenvalue weighted by Crippen LogP contribution is 2.32. The van der Waals surface area contributed by atoms with Gasteiger partial charge in [-0.1, -0.05) is 6.92 Å². The van der Waals surface area contributed by atoms with E-state index in [4.69, 9.17) is 20.5 Å². The van der Waals surface area contributed by atoms with E-state index in [0.29, 0.717) is 29.2 Å². The number of rotatable bonds is 7. The van der Waals surface area contributed by atoms with Gasteiger partial charge in [0.15, 0.2) is 11.5 Å². The predicted octanol–water partition coefficient (Wildman–Crippen LogP) is 3.03. The van der Waals surface area contributed by atoms with Gasteiger partial charge in [0.25, 0.3) is 0 Å². The van der Waals surface area contributed by atoms with Gasteiger partial charge in [0, 0.05) is 11.8 Å². The first kappa shape index (κ1) is 17.2. The van der Waals surface area contributed by atoms with E-state index in [1.54, 1.807) is 42.5 Å². The van der Waals surface area contributed by atoms with E-state index in [2.05, 4.69) is 11.4 Å². The van der Waals surface area contributed by atoms with Gasteiger partial charge < -0.3 is 20.5 Å². The zero-order chi connectivity index (χ0) is 17.5. The Hall–Kier alpha value is -3.20. The quantitative estimate of drug-likeness (QED) is 0.815. The van der Waals surface area contributed by atoms with Crippen LogP contribution in [0.25, 0.3) is 0 Å². The zero-order valence-corrected chi connectivity index (χ0v) is 13.6. The molecule has 0 aliphatic rings. The minimum atomic E-state index is -0.407. The van der Waals surface area contributed by atoms with Gasteiger partial charge in [-0.3, -0.25) is 4.79 Å². The molecule has 6 heteroatoms. The number of nitrogens with one attached hydrogen (secondary N) is 1. The van der Waals surface area contributed by atoms with Gasteiger partial charge in [-0.05, 0) is 42.8 Å². The summed E-state index contributed by atoms with van der Waals surface area (Å²) in [6, 6.07) is 13.8. The Bertz CT molecular complexity index is 751. The third kappa shape index (κ3) is 4.17. The van der Waals surface area contributed by atoms with Gasteiger partial charge in [0.1, 0.15) is 11.8 Å². The second-order valence-electron chi connectivity index (χ2n) is 5.11. The van der Waals surface area contributed by atoms with E-state index >= 15 is 0 Å². The summed E-state index contributed by atoms with van der Waals surface area (Å²) in [4.78, 5) is 11.3. The fraction of sp³-hybridized carbons (Fsp3) is 0.222. The number of benzene rings is 2. The lowest BCUT2D eigenvalue weighted by Gasteiger charge is -2.15. The Balaban J connectivity index is 2.12. The molecular formula is C18H19N3O3. The molecule has 0 unspecified atom stereocenters. The van der Waals surface area contributed by atoms with Crippen molar-refractivity contribution in [3.05, 3.63) is 48.0 Å². The number of amides is 1. The molecule has 24 heavy (non-hydrogen) atoms.